The predicted molar refractivity (Wildman–Crippen MR) is 54.1 cm³/mol. The van der Waals surface area contributed by atoms with Crippen LogP contribution in [0.1, 0.15) is 42.7 Å². The van der Waals surface area contributed by atoms with Gasteiger partial charge in [-0.2, -0.15) is 0 Å². The molecule has 1 saturated carbocycles. The van der Waals surface area contributed by atoms with Crippen LogP contribution >= 0.6 is 0 Å². The van der Waals surface area contributed by atoms with Crippen molar-refractivity contribution in [3.05, 3.63) is 29.3 Å². The van der Waals surface area contributed by atoms with Crippen LogP contribution in [0.15, 0.2) is 18.2 Å². The average Bonchev–Trinajstić information content (AvgIpc) is 2.61. The van der Waals surface area contributed by atoms with Gasteiger partial charge in [0.2, 0.25) is 0 Å². The third-order valence-corrected chi connectivity index (χ3v) is 2.98. The summed E-state index contributed by atoms with van der Waals surface area (Å²) in [5.41, 5.74) is 2.41. The minimum Gasteiger partial charge on any atom is -0.508 e. The van der Waals surface area contributed by atoms with Gasteiger partial charge in [0.1, 0.15) is 5.75 Å². The summed E-state index contributed by atoms with van der Waals surface area (Å²) < 4.78 is 0. The molecule has 0 aliphatic heterocycles. The SMILES string of the molecule is Cc1ccc(O)c(C2CCCC2)c1. The summed E-state index contributed by atoms with van der Waals surface area (Å²) in [6, 6.07) is 5.92. The van der Waals surface area contributed by atoms with Crippen molar-refractivity contribution >= 4 is 0 Å². The third kappa shape index (κ3) is 1.69. The zero-order chi connectivity index (χ0) is 9.26. The maximum Gasteiger partial charge on any atom is 0.119 e. The van der Waals surface area contributed by atoms with Gasteiger partial charge >= 0.3 is 0 Å². The zero-order valence-electron chi connectivity index (χ0n) is 8.09. The fourth-order valence-corrected chi connectivity index (χ4v) is 2.24. The van der Waals surface area contributed by atoms with Crippen molar-refractivity contribution in [2.45, 2.75) is 38.5 Å². The van der Waals surface area contributed by atoms with Gasteiger partial charge in [-0.1, -0.05) is 30.5 Å². The molecule has 1 heteroatoms. The van der Waals surface area contributed by atoms with Crippen LogP contribution in [0.2, 0.25) is 0 Å². The van der Waals surface area contributed by atoms with E-state index in [1.165, 1.54) is 31.2 Å². The van der Waals surface area contributed by atoms with Crippen LogP contribution in [0.4, 0.5) is 0 Å². The monoisotopic (exact) mass is 176 g/mol. The Kier molecular flexibility index (Phi) is 2.26. The highest BCUT2D eigenvalue weighted by Crippen LogP contribution is 2.38. The van der Waals surface area contributed by atoms with Crippen LogP contribution in [0.3, 0.4) is 0 Å². The van der Waals surface area contributed by atoms with Gasteiger partial charge < -0.3 is 5.11 Å². The third-order valence-electron chi connectivity index (χ3n) is 2.98. The molecule has 1 aromatic carbocycles. The summed E-state index contributed by atoms with van der Waals surface area (Å²) in [5.74, 6) is 1.09. The Hall–Kier alpha value is -0.980. The van der Waals surface area contributed by atoms with Gasteiger partial charge in [0, 0.05) is 0 Å². The highest BCUT2D eigenvalue weighted by Gasteiger charge is 2.19. The molecule has 0 atom stereocenters. The number of hydrogen-bond donors (Lipinski definition) is 1. The molecule has 1 aliphatic rings. The predicted octanol–water partition coefficient (Wildman–Crippen LogP) is 3.36. The lowest BCUT2D eigenvalue weighted by molar-refractivity contribution is 0.461. The molecule has 0 aromatic heterocycles. The van der Waals surface area contributed by atoms with Gasteiger partial charge in [-0.3, -0.25) is 0 Å². The second-order valence-electron chi connectivity index (χ2n) is 4.04. The van der Waals surface area contributed by atoms with Crippen molar-refractivity contribution in [3.8, 4) is 5.75 Å². The summed E-state index contributed by atoms with van der Waals surface area (Å²) in [4.78, 5) is 0. The Morgan fingerprint density at radius 3 is 2.62 bits per heavy atom. The number of aromatic hydroxyl groups is 1. The van der Waals surface area contributed by atoms with E-state index < -0.39 is 0 Å². The van der Waals surface area contributed by atoms with E-state index in [-0.39, 0.29) is 0 Å². The lowest BCUT2D eigenvalue weighted by atomic mass is 9.95. The fourth-order valence-electron chi connectivity index (χ4n) is 2.24. The first-order valence-corrected chi connectivity index (χ1v) is 5.07. The largest absolute Gasteiger partial charge is 0.508 e. The minimum absolute atomic E-state index is 0.484. The lowest BCUT2D eigenvalue weighted by Crippen LogP contribution is -1.93. The highest BCUT2D eigenvalue weighted by molar-refractivity contribution is 5.38. The maximum atomic E-state index is 9.70. The molecule has 1 aliphatic carbocycles. The smallest absolute Gasteiger partial charge is 0.119 e. The first-order chi connectivity index (χ1) is 6.27. The summed E-state index contributed by atoms with van der Waals surface area (Å²) in [7, 11) is 0. The Bertz CT molecular complexity index is 298. The fraction of sp³-hybridized carbons (Fsp3) is 0.500. The van der Waals surface area contributed by atoms with Crippen LogP contribution in [0.25, 0.3) is 0 Å². The van der Waals surface area contributed by atoms with Crippen molar-refractivity contribution in [1.82, 2.24) is 0 Å². The number of rotatable bonds is 1. The molecule has 0 amide bonds. The van der Waals surface area contributed by atoms with E-state index in [1.807, 2.05) is 12.1 Å². The van der Waals surface area contributed by atoms with Crippen LogP contribution < -0.4 is 0 Å². The van der Waals surface area contributed by atoms with E-state index >= 15 is 0 Å². The van der Waals surface area contributed by atoms with Gasteiger partial charge in [0.15, 0.2) is 0 Å². The molecule has 0 saturated heterocycles. The molecule has 1 nitrogen and oxygen atoms in total. The molecule has 0 spiro atoms. The number of hydrogen-bond acceptors (Lipinski definition) is 1. The molecule has 0 radical (unpaired) electrons. The molecular weight excluding hydrogens is 160 g/mol. The first-order valence-electron chi connectivity index (χ1n) is 5.07. The van der Waals surface area contributed by atoms with Gasteiger partial charge in [0.25, 0.3) is 0 Å². The minimum atomic E-state index is 0.484. The van der Waals surface area contributed by atoms with Crippen LogP contribution in [0.5, 0.6) is 5.75 Å². The Balaban J connectivity index is 2.32. The second-order valence-corrected chi connectivity index (χ2v) is 4.04. The van der Waals surface area contributed by atoms with Gasteiger partial charge in [0.05, 0.1) is 0 Å². The highest BCUT2D eigenvalue weighted by atomic mass is 16.3. The second kappa shape index (κ2) is 3.41. The average molecular weight is 176 g/mol. The number of phenolic OH excluding ortho intramolecular Hbond substituents is 1. The summed E-state index contributed by atoms with van der Waals surface area (Å²) >= 11 is 0. The normalized spacial score (nSPS) is 17.9. The molecule has 70 valence electrons. The quantitative estimate of drug-likeness (QED) is 0.695. The maximum absolute atomic E-state index is 9.70. The van der Waals surface area contributed by atoms with Crippen molar-refractivity contribution in [2.75, 3.05) is 0 Å². The van der Waals surface area contributed by atoms with E-state index in [9.17, 15) is 5.11 Å². The molecule has 13 heavy (non-hydrogen) atoms. The van der Waals surface area contributed by atoms with E-state index in [2.05, 4.69) is 13.0 Å². The van der Waals surface area contributed by atoms with Gasteiger partial charge in [-0.25, -0.2) is 0 Å². The van der Waals surface area contributed by atoms with Gasteiger partial charge in [-0.05, 0) is 37.3 Å². The number of phenols is 1. The summed E-state index contributed by atoms with van der Waals surface area (Å²) in [6.45, 7) is 2.08. The first kappa shape index (κ1) is 8.61. The topological polar surface area (TPSA) is 20.2 Å². The van der Waals surface area contributed by atoms with Gasteiger partial charge in [-0.15, -0.1) is 0 Å². The summed E-state index contributed by atoms with van der Waals surface area (Å²) in [6.07, 6.45) is 5.13. The van der Waals surface area contributed by atoms with Crippen molar-refractivity contribution in [2.24, 2.45) is 0 Å². The molecule has 1 fully saturated rings. The molecular formula is C12H16O. The van der Waals surface area contributed by atoms with Crippen LogP contribution in [-0.4, -0.2) is 5.11 Å². The summed E-state index contributed by atoms with van der Waals surface area (Å²) in [5, 5.41) is 9.70. The Morgan fingerprint density at radius 2 is 1.92 bits per heavy atom. The van der Waals surface area contributed by atoms with E-state index in [1.54, 1.807) is 0 Å². The van der Waals surface area contributed by atoms with Crippen molar-refractivity contribution in [1.29, 1.82) is 0 Å². The van der Waals surface area contributed by atoms with Crippen LogP contribution in [0, 0.1) is 6.92 Å². The van der Waals surface area contributed by atoms with E-state index in [0.29, 0.717) is 11.7 Å². The number of benzene rings is 1. The van der Waals surface area contributed by atoms with Crippen molar-refractivity contribution in [3.63, 3.8) is 0 Å². The van der Waals surface area contributed by atoms with E-state index in [0.717, 1.165) is 5.56 Å². The molecule has 2 rings (SSSR count). The molecule has 0 unspecified atom stereocenters. The Labute approximate surface area is 79.4 Å². The number of aryl methyl sites for hydroxylation is 1. The van der Waals surface area contributed by atoms with E-state index in [4.69, 9.17) is 0 Å². The Morgan fingerprint density at radius 1 is 1.23 bits per heavy atom. The molecule has 1 aromatic rings. The molecule has 0 heterocycles. The molecule has 1 N–H and O–H groups in total. The van der Waals surface area contributed by atoms with Crippen LogP contribution in [-0.2, 0) is 0 Å². The lowest BCUT2D eigenvalue weighted by Gasteiger charge is -2.11. The van der Waals surface area contributed by atoms with Crippen molar-refractivity contribution < 1.29 is 5.11 Å². The zero-order valence-corrected chi connectivity index (χ0v) is 8.09. The molecule has 0 bridgehead atoms. The standard InChI is InChI=1S/C12H16O/c1-9-6-7-12(13)11(8-9)10-4-2-3-5-10/h6-8,10,13H,2-5H2,1H3.